The summed E-state index contributed by atoms with van der Waals surface area (Å²) >= 11 is 0. The molecule has 1 rings (SSSR count). The molecule has 0 N–H and O–H groups in total. The third-order valence-electron chi connectivity index (χ3n) is 1.88. The molecule has 1 aliphatic rings. The van der Waals surface area contributed by atoms with Crippen molar-refractivity contribution in [2.75, 3.05) is 0 Å². The SMILES string of the molecule is C1CCCCCC1.O=COOC=O. The molecule has 0 atom stereocenters. The van der Waals surface area contributed by atoms with Crippen LogP contribution in [0.25, 0.3) is 0 Å². The van der Waals surface area contributed by atoms with E-state index in [0.29, 0.717) is 0 Å². The molecule has 0 bridgehead atoms. The Kier molecular flexibility index (Phi) is 10.0. The van der Waals surface area contributed by atoms with Gasteiger partial charge in [-0.15, -0.1) is 0 Å². The molecule has 1 fully saturated rings. The van der Waals surface area contributed by atoms with Gasteiger partial charge in [0.05, 0.1) is 0 Å². The molecule has 0 spiro atoms. The number of carbonyl (C=O) groups excluding carboxylic acids is 2. The van der Waals surface area contributed by atoms with Gasteiger partial charge >= 0.3 is 12.9 Å². The van der Waals surface area contributed by atoms with Gasteiger partial charge < -0.3 is 0 Å². The molecule has 0 radical (unpaired) electrons. The van der Waals surface area contributed by atoms with Crippen molar-refractivity contribution >= 4 is 12.9 Å². The topological polar surface area (TPSA) is 52.6 Å². The minimum atomic E-state index is 0.00833. The molecule has 0 saturated heterocycles. The first-order chi connectivity index (χ1) is 6.41. The van der Waals surface area contributed by atoms with Crippen LogP contribution in [0.3, 0.4) is 0 Å². The van der Waals surface area contributed by atoms with Gasteiger partial charge in [0.1, 0.15) is 0 Å². The lowest BCUT2D eigenvalue weighted by Gasteiger charge is -1.85. The first-order valence-electron chi connectivity index (χ1n) is 4.61. The zero-order valence-electron chi connectivity index (χ0n) is 7.74. The Balaban J connectivity index is 0.000000226. The average Bonchev–Trinajstić information content (AvgIpc) is 2.47. The molecule has 0 aromatic carbocycles. The molecule has 0 heterocycles. The van der Waals surface area contributed by atoms with Crippen LogP contribution in [0.5, 0.6) is 0 Å². The van der Waals surface area contributed by atoms with Crippen LogP contribution in [0.4, 0.5) is 0 Å². The van der Waals surface area contributed by atoms with E-state index in [2.05, 4.69) is 9.78 Å². The molecular formula is C9H16O4. The summed E-state index contributed by atoms with van der Waals surface area (Å²) in [6.07, 6.45) is 10.5. The highest BCUT2D eigenvalue weighted by Crippen LogP contribution is 2.15. The lowest BCUT2D eigenvalue weighted by Crippen LogP contribution is -1.85. The lowest BCUT2D eigenvalue weighted by atomic mass is 10.2. The fraction of sp³-hybridized carbons (Fsp3) is 0.778. The van der Waals surface area contributed by atoms with Crippen LogP contribution < -0.4 is 0 Å². The first-order valence-corrected chi connectivity index (χ1v) is 4.61. The monoisotopic (exact) mass is 188 g/mol. The van der Waals surface area contributed by atoms with E-state index < -0.39 is 0 Å². The van der Waals surface area contributed by atoms with Crippen molar-refractivity contribution in [1.29, 1.82) is 0 Å². The molecule has 0 aromatic rings. The van der Waals surface area contributed by atoms with E-state index in [9.17, 15) is 0 Å². The zero-order chi connectivity index (χ0) is 9.78. The van der Waals surface area contributed by atoms with Crippen LogP contribution in [0.1, 0.15) is 44.9 Å². The Labute approximate surface area is 78.1 Å². The predicted molar refractivity (Wildman–Crippen MR) is 46.6 cm³/mol. The van der Waals surface area contributed by atoms with Crippen LogP contribution in [-0.2, 0) is 19.4 Å². The molecule has 1 aliphatic carbocycles. The predicted octanol–water partition coefficient (Wildman–Crippen LogP) is 1.98. The molecule has 1 saturated carbocycles. The molecule has 0 aromatic heterocycles. The maximum atomic E-state index is 9.06. The molecule has 4 nitrogen and oxygen atoms in total. The van der Waals surface area contributed by atoms with Crippen molar-refractivity contribution < 1.29 is 19.4 Å². The van der Waals surface area contributed by atoms with Gasteiger partial charge in [-0.05, 0) is 0 Å². The molecule has 0 aliphatic heterocycles. The van der Waals surface area contributed by atoms with Crippen LogP contribution >= 0.6 is 0 Å². The van der Waals surface area contributed by atoms with Crippen LogP contribution in [-0.4, -0.2) is 12.9 Å². The number of hydrogen-bond donors (Lipinski definition) is 0. The molecule has 0 unspecified atom stereocenters. The van der Waals surface area contributed by atoms with E-state index in [1.165, 1.54) is 44.9 Å². The average molecular weight is 188 g/mol. The number of rotatable bonds is 3. The maximum absolute atomic E-state index is 9.06. The third-order valence-corrected chi connectivity index (χ3v) is 1.88. The fourth-order valence-electron chi connectivity index (χ4n) is 1.28. The van der Waals surface area contributed by atoms with E-state index in [0.717, 1.165) is 0 Å². The van der Waals surface area contributed by atoms with Gasteiger partial charge in [0.15, 0.2) is 0 Å². The number of carbonyl (C=O) groups is 2. The van der Waals surface area contributed by atoms with Crippen molar-refractivity contribution in [2.45, 2.75) is 44.9 Å². The highest BCUT2D eigenvalue weighted by Gasteiger charge is 1.95. The summed E-state index contributed by atoms with van der Waals surface area (Å²) < 4.78 is 0. The number of hydrogen-bond acceptors (Lipinski definition) is 4. The van der Waals surface area contributed by atoms with Gasteiger partial charge in [-0.3, -0.25) is 19.4 Å². The second-order valence-corrected chi connectivity index (χ2v) is 2.86. The van der Waals surface area contributed by atoms with Crippen molar-refractivity contribution in [3.8, 4) is 0 Å². The Hall–Kier alpha value is -1.06. The summed E-state index contributed by atoms with van der Waals surface area (Å²) in [7, 11) is 0. The van der Waals surface area contributed by atoms with Gasteiger partial charge in [0.2, 0.25) is 0 Å². The first kappa shape index (κ1) is 11.9. The van der Waals surface area contributed by atoms with E-state index in [-0.39, 0.29) is 12.9 Å². The second kappa shape index (κ2) is 10.9. The van der Waals surface area contributed by atoms with Crippen molar-refractivity contribution in [3.05, 3.63) is 0 Å². The van der Waals surface area contributed by atoms with E-state index in [1.807, 2.05) is 0 Å². The smallest absolute Gasteiger partial charge is 0.251 e. The Morgan fingerprint density at radius 3 is 1.00 bits per heavy atom. The fourth-order valence-corrected chi connectivity index (χ4v) is 1.28. The molecule has 13 heavy (non-hydrogen) atoms. The highest BCUT2D eigenvalue weighted by atomic mass is 17.2. The summed E-state index contributed by atoms with van der Waals surface area (Å²) in [5, 5.41) is 0. The summed E-state index contributed by atoms with van der Waals surface area (Å²) in [4.78, 5) is 25.0. The summed E-state index contributed by atoms with van der Waals surface area (Å²) in [5.41, 5.74) is 0. The van der Waals surface area contributed by atoms with Crippen molar-refractivity contribution in [3.63, 3.8) is 0 Å². The highest BCUT2D eigenvalue weighted by molar-refractivity contribution is 5.40. The molecule has 76 valence electrons. The summed E-state index contributed by atoms with van der Waals surface area (Å²) in [5.74, 6) is 0. The summed E-state index contributed by atoms with van der Waals surface area (Å²) in [6.45, 7) is 0.0167. The quantitative estimate of drug-likeness (QED) is 0.223. The third kappa shape index (κ3) is 10.9. The van der Waals surface area contributed by atoms with Gasteiger partial charge in [0, 0.05) is 0 Å². The van der Waals surface area contributed by atoms with Crippen LogP contribution in [0.15, 0.2) is 0 Å². The standard InChI is InChI=1S/C7H14.C2H2O4/c1-2-4-6-7-5-3-1;3-1-5-6-2-4/h1-7H2;1-2H. The van der Waals surface area contributed by atoms with E-state index >= 15 is 0 Å². The van der Waals surface area contributed by atoms with Gasteiger partial charge in [-0.1, -0.05) is 44.9 Å². The molecule has 0 amide bonds. The molecular weight excluding hydrogens is 172 g/mol. The Morgan fingerprint density at radius 1 is 0.615 bits per heavy atom. The maximum Gasteiger partial charge on any atom is 0.344 e. The minimum absolute atomic E-state index is 0.00833. The normalized spacial score (nSPS) is 15.7. The minimum Gasteiger partial charge on any atom is -0.251 e. The van der Waals surface area contributed by atoms with Gasteiger partial charge in [-0.25, -0.2) is 0 Å². The lowest BCUT2D eigenvalue weighted by molar-refractivity contribution is -0.235. The van der Waals surface area contributed by atoms with E-state index in [1.54, 1.807) is 0 Å². The Bertz CT molecular complexity index is 97.1. The largest absolute Gasteiger partial charge is 0.344 e. The van der Waals surface area contributed by atoms with Crippen LogP contribution in [0.2, 0.25) is 0 Å². The van der Waals surface area contributed by atoms with E-state index in [4.69, 9.17) is 9.59 Å². The van der Waals surface area contributed by atoms with Gasteiger partial charge in [-0.2, -0.15) is 0 Å². The second-order valence-electron chi connectivity index (χ2n) is 2.86. The van der Waals surface area contributed by atoms with Crippen molar-refractivity contribution in [1.82, 2.24) is 0 Å². The molecule has 4 heteroatoms. The Morgan fingerprint density at radius 2 is 0.846 bits per heavy atom. The zero-order valence-corrected chi connectivity index (χ0v) is 7.74. The van der Waals surface area contributed by atoms with Crippen LogP contribution in [0, 0.1) is 0 Å². The van der Waals surface area contributed by atoms with Crippen molar-refractivity contribution in [2.24, 2.45) is 0 Å². The van der Waals surface area contributed by atoms with Gasteiger partial charge in [0.25, 0.3) is 0 Å². The summed E-state index contributed by atoms with van der Waals surface area (Å²) in [6, 6.07) is 0.